The van der Waals surface area contributed by atoms with E-state index in [-0.39, 0.29) is 17.2 Å². The minimum atomic E-state index is -0.483. The highest BCUT2D eigenvalue weighted by Crippen LogP contribution is 2.22. The molecule has 0 aliphatic carbocycles. The Balaban J connectivity index is 1.89. The van der Waals surface area contributed by atoms with E-state index in [4.69, 9.17) is 12.2 Å². The second kappa shape index (κ2) is 7.45. The molecule has 2 aromatic rings. The highest BCUT2D eigenvalue weighted by molar-refractivity contribution is 7.80. The average Bonchev–Trinajstić information content (AvgIpc) is 2.63. The topological polar surface area (TPSA) is 49.4 Å². The largest absolute Gasteiger partial charge is 0.298 e. The summed E-state index contributed by atoms with van der Waals surface area (Å²) in [4.78, 5) is 26.0. The molecule has 130 valence electrons. The van der Waals surface area contributed by atoms with E-state index in [1.807, 2.05) is 36.4 Å². The summed E-state index contributed by atoms with van der Waals surface area (Å²) in [5.74, 6) is -0.899. The molecule has 5 heteroatoms. The molecule has 0 saturated carbocycles. The van der Waals surface area contributed by atoms with Crippen LogP contribution in [0.25, 0.3) is 17.2 Å². The molecular weight excluding hydrogens is 344 g/mol. The molecule has 0 unspecified atom stereocenters. The van der Waals surface area contributed by atoms with Gasteiger partial charge in [0.2, 0.25) is 0 Å². The van der Waals surface area contributed by atoms with Crippen LogP contribution in [-0.2, 0) is 9.59 Å². The lowest BCUT2D eigenvalue weighted by atomic mass is 10.0. The molecule has 0 aromatic heterocycles. The molecule has 1 aliphatic rings. The van der Waals surface area contributed by atoms with Crippen molar-refractivity contribution in [3.8, 4) is 11.1 Å². The molecule has 1 saturated heterocycles. The van der Waals surface area contributed by atoms with Gasteiger partial charge in [0.1, 0.15) is 5.57 Å². The average molecular weight is 362 g/mol. The summed E-state index contributed by atoms with van der Waals surface area (Å²) in [7, 11) is 0. The van der Waals surface area contributed by atoms with Gasteiger partial charge >= 0.3 is 0 Å². The Morgan fingerprint density at radius 2 is 1.85 bits per heavy atom. The first-order chi connectivity index (χ1) is 12.5. The van der Waals surface area contributed by atoms with Crippen LogP contribution in [0, 0.1) is 6.92 Å². The highest BCUT2D eigenvalue weighted by atomic mass is 32.1. The minimum Gasteiger partial charge on any atom is -0.298 e. The van der Waals surface area contributed by atoms with Crippen molar-refractivity contribution in [2.24, 2.45) is 0 Å². The fourth-order valence-corrected chi connectivity index (χ4v) is 3.00. The van der Waals surface area contributed by atoms with E-state index in [9.17, 15) is 9.59 Å². The number of hydrogen-bond donors (Lipinski definition) is 1. The predicted octanol–water partition coefficient (Wildman–Crippen LogP) is 3.47. The van der Waals surface area contributed by atoms with Crippen LogP contribution in [0.4, 0.5) is 0 Å². The molecule has 0 radical (unpaired) electrons. The van der Waals surface area contributed by atoms with Crippen LogP contribution in [-0.4, -0.2) is 28.4 Å². The van der Waals surface area contributed by atoms with E-state index in [0.29, 0.717) is 0 Å². The first-order valence-corrected chi connectivity index (χ1v) is 8.57. The lowest BCUT2D eigenvalue weighted by Crippen LogP contribution is -2.53. The van der Waals surface area contributed by atoms with Crippen LogP contribution in [0.2, 0.25) is 0 Å². The Hall–Kier alpha value is -3.05. The van der Waals surface area contributed by atoms with Crippen molar-refractivity contribution in [1.29, 1.82) is 0 Å². The van der Waals surface area contributed by atoms with Crippen LogP contribution in [0.3, 0.4) is 0 Å². The third kappa shape index (κ3) is 3.63. The summed E-state index contributed by atoms with van der Waals surface area (Å²) in [6.07, 6.45) is 3.14. The number of thiocarbonyl (C=S) groups is 1. The number of carbonyl (C=O) groups excluding carboxylic acids is 2. The second-order valence-electron chi connectivity index (χ2n) is 6.01. The predicted molar refractivity (Wildman–Crippen MR) is 107 cm³/mol. The number of nitrogens with one attached hydrogen (secondary N) is 1. The van der Waals surface area contributed by atoms with Gasteiger partial charge in [0.05, 0.1) is 0 Å². The van der Waals surface area contributed by atoms with Gasteiger partial charge in [-0.3, -0.25) is 19.8 Å². The number of carbonyl (C=O) groups is 2. The van der Waals surface area contributed by atoms with E-state index < -0.39 is 11.8 Å². The van der Waals surface area contributed by atoms with Gasteiger partial charge in [-0.1, -0.05) is 60.2 Å². The zero-order valence-corrected chi connectivity index (χ0v) is 15.2. The van der Waals surface area contributed by atoms with Gasteiger partial charge in [0, 0.05) is 6.54 Å². The van der Waals surface area contributed by atoms with E-state index in [0.717, 1.165) is 16.7 Å². The summed E-state index contributed by atoms with van der Waals surface area (Å²) in [6.45, 7) is 5.91. The monoisotopic (exact) mass is 362 g/mol. The molecule has 4 nitrogen and oxygen atoms in total. The number of hydrogen-bond acceptors (Lipinski definition) is 3. The van der Waals surface area contributed by atoms with E-state index >= 15 is 0 Å². The van der Waals surface area contributed by atoms with Crippen LogP contribution < -0.4 is 5.32 Å². The van der Waals surface area contributed by atoms with Crippen LogP contribution in [0.15, 0.2) is 66.8 Å². The highest BCUT2D eigenvalue weighted by Gasteiger charge is 2.32. The van der Waals surface area contributed by atoms with Crippen molar-refractivity contribution in [1.82, 2.24) is 10.2 Å². The van der Waals surface area contributed by atoms with Gasteiger partial charge in [-0.2, -0.15) is 0 Å². The second-order valence-corrected chi connectivity index (χ2v) is 6.40. The molecule has 3 rings (SSSR count). The third-order valence-electron chi connectivity index (χ3n) is 4.07. The van der Waals surface area contributed by atoms with E-state index in [1.54, 1.807) is 12.2 Å². The lowest BCUT2D eigenvalue weighted by molar-refractivity contribution is -0.128. The minimum absolute atomic E-state index is 0.0590. The van der Waals surface area contributed by atoms with E-state index in [1.165, 1.54) is 10.5 Å². The molecule has 0 bridgehead atoms. The van der Waals surface area contributed by atoms with Gasteiger partial charge in [-0.25, -0.2) is 0 Å². The zero-order valence-electron chi connectivity index (χ0n) is 14.4. The first-order valence-electron chi connectivity index (χ1n) is 8.16. The van der Waals surface area contributed by atoms with Crippen molar-refractivity contribution in [3.05, 3.63) is 77.9 Å². The lowest BCUT2D eigenvalue weighted by Gasteiger charge is -2.27. The molecule has 1 aliphatic heterocycles. The van der Waals surface area contributed by atoms with Crippen molar-refractivity contribution < 1.29 is 9.59 Å². The van der Waals surface area contributed by atoms with Crippen molar-refractivity contribution in [2.75, 3.05) is 6.54 Å². The number of nitrogens with zero attached hydrogens (tertiary/aromatic N) is 1. The maximum absolute atomic E-state index is 12.5. The molecule has 1 fully saturated rings. The van der Waals surface area contributed by atoms with Gasteiger partial charge in [-0.15, -0.1) is 6.58 Å². The zero-order chi connectivity index (χ0) is 18.7. The molecule has 1 N–H and O–H groups in total. The molecule has 2 aromatic carbocycles. The number of benzene rings is 2. The van der Waals surface area contributed by atoms with Gasteiger partial charge in [-0.05, 0) is 41.9 Å². The maximum Gasteiger partial charge on any atom is 0.265 e. The van der Waals surface area contributed by atoms with Crippen LogP contribution in [0.1, 0.15) is 11.1 Å². The van der Waals surface area contributed by atoms with Crippen molar-refractivity contribution in [3.63, 3.8) is 0 Å². The molecule has 2 amide bonds. The summed E-state index contributed by atoms with van der Waals surface area (Å²) < 4.78 is 0. The fraction of sp³-hybridized carbons (Fsp3) is 0.0952. The van der Waals surface area contributed by atoms with Gasteiger partial charge in [0.25, 0.3) is 11.8 Å². The number of amides is 2. The number of aryl methyl sites for hydroxylation is 1. The third-order valence-corrected chi connectivity index (χ3v) is 4.39. The van der Waals surface area contributed by atoms with Gasteiger partial charge in [0.15, 0.2) is 5.11 Å². The molecular formula is C21H18N2O2S. The first kappa shape index (κ1) is 17.8. The van der Waals surface area contributed by atoms with Crippen LogP contribution in [0.5, 0.6) is 0 Å². The SMILES string of the molecule is C=CCN1C(=O)C(=Cc2ccc(-c3cccc(C)c3)cc2)C(=O)NC1=S. The van der Waals surface area contributed by atoms with Crippen LogP contribution >= 0.6 is 12.2 Å². The molecule has 1 heterocycles. The summed E-state index contributed by atoms with van der Waals surface area (Å²) in [6, 6.07) is 15.9. The molecule has 0 spiro atoms. The Labute approximate surface area is 157 Å². The summed E-state index contributed by atoms with van der Waals surface area (Å²) in [5, 5.41) is 2.64. The summed E-state index contributed by atoms with van der Waals surface area (Å²) >= 11 is 5.04. The molecule has 26 heavy (non-hydrogen) atoms. The van der Waals surface area contributed by atoms with Crippen molar-refractivity contribution in [2.45, 2.75) is 6.92 Å². The fourth-order valence-electron chi connectivity index (χ4n) is 2.75. The Bertz CT molecular complexity index is 929. The smallest absolute Gasteiger partial charge is 0.265 e. The Kier molecular flexibility index (Phi) is 5.09. The normalized spacial score (nSPS) is 16.0. The maximum atomic E-state index is 12.5. The summed E-state index contributed by atoms with van der Waals surface area (Å²) in [5.41, 5.74) is 4.22. The standard InChI is InChI=1S/C21H18N2O2S/c1-3-11-23-20(25)18(19(24)22-21(23)26)13-15-7-9-16(10-8-15)17-6-4-5-14(2)12-17/h3-10,12-13H,1,11H2,2H3,(H,22,24,26). The Morgan fingerprint density at radius 1 is 1.12 bits per heavy atom. The quantitative estimate of drug-likeness (QED) is 0.392. The Morgan fingerprint density at radius 3 is 2.50 bits per heavy atom. The van der Waals surface area contributed by atoms with E-state index in [2.05, 4.69) is 31.0 Å². The molecule has 0 atom stereocenters. The van der Waals surface area contributed by atoms with Gasteiger partial charge < -0.3 is 0 Å². The number of rotatable bonds is 4. The van der Waals surface area contributed by atoms with Crippen molar-refractivity contribution >= 4 is 35.2 Å².